The van der Waals surface area contributed by atoms with Crippen LogP contribution in [-0.4, -0.2) is 36.5 Å². The molecule has 1 heterocycles. The number of rotatable bonds is 7. The molecule has 1 aliphatic heterocycles. The standard InChI is InChI=1S/C22H24N2O5/c1-14-3-9-19(29-2)18(11-14)24-13-16(12-20(24)25)22(28)23-17-7-4-15(5-8-17)6-10-21(26)27/h3-5,7-9,11,16H,6,10,12-13H2,1-2H3,(H,23,28)(H,26,27). The van der Waals surface area contributed by atoms with Gasteiger partial charge in [-0.25, -0.2) is 0 Å². The molecule has 0 aromatic heterocycles. The van der Waals surface area contributed by atoms with Crippen LogP contribution in [0.15, 0.2) is 42.5 Å². The number of carboxylic acid groups (broad SMARTS) is 1. The zero-order valence-electron chi connectivity index (χ0n) is 16.5. The van der Waals surface area contributed by atoms with Crippen molar-refractivity contribution in [2.45, 2.75) is 26.2 Å². The van der Waals surface area contributed by atoms with Gasteiger partial charge in [0.15, 0.2) is 0 Å². The monoisotopic (exact) mass is 396 g/mol. The van der Waals surface area contributed by atoms with E-state index in [9.17, 15) is 14.4 Å². The second kappa shape index (κ2) is 8.77. The quantitative estimate of drug-likeness (QED) is 0.750. The summed E-state index contributed by atoms with van der Waals surface area (Å²) in [5.74, 6) is -1.03. The van der Waals surface area contributed by atoms with Crippen molar-refractivity contribution in [3.63, 3.8) is 0 Å². The fourth-order valence-electron chi connectivity index (χ4n) is 3.38. The van der Waals surface area contributed by atoms with E-state index in [0.717, 1.165) is 11.1 Å². The Morgan fingerprint density at radius 3 is 2.59 bits per heavy atom. The van der Waals surface area contributed by atoms with E-state index in [1.807, 2.05) is 25.1 Å². The molecule has 0 aliphatic carbocycles. The number of nitrogens with zero attached hydrogens (tertiary/aromatic N) is 1. The topological polar surface area (TPSA) is 95.9 Å². The summed E-state index contributed by atoms with van der Waals surface area (Å²) in [5, 5.41) is 11.6. The average molecular weight is 396 g/mol. The zero-order chi connectivity index (χ0) is 21.0. The molecule has 1 saturated heterocycles. The fourth-order valence-corrected chi connectivity index (χ4v) is 3.38. The lowest BCUT2D eigenvalue weighted by molar-refractivity contribution is -0.137. The zero-order valence-corrected chi connectivity index (χ0v) is 16.5. The SMILES string of the molecule is COc1ccc(C)cc1N1CC(C(=O)Nc2ccc(CCC(=O)O)cc2)CC1=O. The van der Waals surface area contributed by atoms with Crippen LogP contribution in [0, 0.1) is 12.8 Å². The van der Waals surface area contributed by atoms with E-state index < -0.39 is 11.9 Å². The lowest BCUT2D eigenvalue weighted by atomic mass is 10.1. The van der Waals surface area contributed by atoms with Crippen LogP contribution in [0.1, 0.15) is 24.0 Å². The number of hydrogen-bond acceptors (Lipinski definition) is 4. The average Bonchev–Trinajstić information content (AvgIpc) is 3.09. The Morgan fingerprint density at radius 2 is 1.93 bits per heavy atom. The van der Waals surface area contributed by atoms with Gasteiger partial charge in [0.05, 0.1) is 18.7 Å². The second-order valence-corrected chi connectivity index (χ2v) is 7.16. The lowest BCUT2D eigenvalue weighted by Crippen LogP contribution is -2.28. The molecule has 0 radical (unpaired) electrons. The third-order valence-electron chi connectivity index (χ3n) is 4.97. The van der Waals surface area contributed by atoms with Crippen molar-refractivity contribution in [1.82, 2.24) is 0 Å². The maximum Gasteiger partial charge on any atom is 0.303 e. The minimum Gasteiger partial charge on any atom is -0.495 e. The van der Waals surface area contributed by atoms with Gasteiger partial charge in [-0.2, -0.15) is 0 Å². The first-order valence-electron chi connectivity index (χ1n) is 9.44. The van der Waals surface area contributed by atoms with E-state index in [1.165, 1.54) is 0 Å². The van der Waals surface area contributed by atoms with Gasteiger partial charge in [-0.15, -0.1) is 0 Å². The Kier molecular flexibility index (Phi) is 6.16. The second-order valence-electron chi connectivity index (χ2n) is 7.16. The van der Waals surface area contributed by atoms with Crippen LogP contribution in [0.25, 0.3) is 0 Å². The number of aliphatic carboxylic acids is 1. The van der Waals surface area contributed by atoms with Gasteiger partial charge in [0.1, 0.15) is 5.75 Å². The summed E-state index contributed by atoms with van der Waals surface area (Å²) in [6.07, 6.45) is 0.641. The maximum atomic E-state index is 12.7. The number of amides is 2. The molecule has 1 unspecified atom stereocenters. The van der Waals surface area contributed by atoms with Gasteiger partial charge in [-0.05, 0) is 48.7 Å². The molecule has 0 bridgehead atoms. The van der Waals surface area contributed by atoms with Crippen molar-refractivity contribution in [3.05, 3.63) is 53.6 Å². The highest BCUT2D eigenvalue weighted by Gasteiger charge is 2.36. The third-order valence-corrected chi connectivity index (χ3v) is 4.97. The summed E-state index contributed by atoms with van der Waals surface area (Å²) in [7, 11) is 1.55. The number of benzene rings is 2. The van der Waals surface area contributed by atoms with Gasteiger partial charge >= 0.3 is 5.97 Å². The number of hydrogen-bond donors (Lipinski definition) is 2. The van der Waals surface area contributed by atoms with Crippen LogP contribution >= 0.6 is 0 Å². The van der Waals surface area contributed by atoms with Crippen LogP contribution in [0.5, 0.6) is 5.75 Å². The first-order chi connectivity index (χ1) is 13.9. The van der Waals surface area contributed by atoms with Crippen molar-refractivity contribution < 1.29 is 24.2 Å². The van der Waals surface area contributed by atoms with Crippen LogP contribution in [0.3, 0.4) is 0 Å². The van der Waals surface area contributed by atoms with E-state index in [4.69, 9.17) is 9.84 Å². The third kappa shape index (κ3) is 4.93. The van der Waals surface area contributed by atoms with Crippen LogP contribution in [0.2, 0.25) is 0 Å². The van der Waals surface area contributed by atoms with E-state index in [-0.39, 0.29) is 24.7 Å². The predicted molar refractivity (Wildman–Crippen MR) is 109 cm³/mol. The van der Waals surface area contributed by atoms with Gasteiger partial charge in [0.25, 0.3) is 0 Å². The number of carboxylic acids is 1. The molecule has 2 aromatic carbocycles. The molecule has 0 saturated carbocycles. The van der Waals surface area contributed by atoms with Gasteiger partial charge < -0.3 is 20.1 Å². The molecule has 1 aliphatic rings. The van der Waals surface area contributed by atoms with E-state index in [2.05, 4.69) is 5.32 Å². The smallest absolute Gasteiger partial charge is 0.303 e. The molecule has 29 heavy (non-hydrogen) atoms. The molecular formula is C22H24N2O5. The Hall–Kier alpha value is -3.35. The number of ether oxygens (including phenoxy) is 1. The molecule has 2 amide bonds. The van der Waals surface area contributed by atoms with E-state index in [1.54, 1.807) is 36.3 Å². The molecule has 0 spiro atoms. The number of methoxy groups -OCH3 is 1. The van der Waals surface area contributed by atoms with Crippen molar-refractivity contribution in [3.8, 4) is 5.75 Å². The highest BCUT2D eigenvalue weighted by atomic mass is 16.5. The number of nitrogens with one attached hydrogen (secondary N) is 1. The molecule has 1 atom stereocenters. The first-order valence-corrected chi connectivity index (χ1v) is 9.44. The first kappa shape index (κ1) is 20.4. The Balaban J connectivity index is 1.65. The number of aryl methyl sites for hydroxylation is 2. The molecule has 3 rings (SSSR count). The van der Waals surface area contributed by atoms with Crippen LogP contribution in [-0.2, 0) is 20.8 Å². The summed E-state index contributed by atoms with van der Waals surface area (Å²) in [4.78, 5) is 37.4. The van der Waals surface area contributed by atoms with Crippen LogP contribution in [0.4, 0.5) is 11.4 Å². The fraction of sp³-hybridized carbons (Fsp3) is 0.318. The highest BCUT2D eigenvalue weighted by molar-refractivity contribution is 6.04. The normalized spacial score (nSPS) is 16.0. The molecule has 2 N–H and O–H groups in total. The molecule has 152 valence electrons. The van der Waals surface area contributed by atoms with Crippen molar-refractivity contribution >= 4 is 29.2 Å². The maximum absolute atomic E-state index is 12.7. The van der Waals surface area contributed by atoms with Gasteiger partial charge in [0, 0.05) is 25.1 Å². The van der Waals surface area contributed by atoms with E-state index >= 15 is 0 Å². The molecule has 1 fully saturated rings. The number of carbonyl (C=O) groups excluding carboxylic acids is 2. The summed E-state index contributed by atoms with van der Waals surface area (Å²) < 4.78 is 5.37. The molecule has 7 heteroatoms. The minimum atomic E-state index is -0.844. The van der Waals surface area contributed by atoms with Crippen molar-refractivity contribution in [2.75, 3.05) is 23.9 Å². The van der Waals surface area contributed by atoms with Crippen molar-refractivity contribution in [2.24, 2.45) is 5.92 Å². The molecule has 2 aromatic rings. The van der Waals surface area contributed by atoms with Crippen LogP contribution < -0.4 is 15.0 Å². The lowest BCUT2D eigenvalue weighted by Gasteiger charge is -2.20. The Labute approximate surface area is 169 Å². The van der Waals surface area contributed by atoms with E-state index in [0.29, 0.717) is 30.1 Å². The number of anilines is 2. The van der Waals surface area contributed by atoms with Gasteiger partial charge in [-0.1, -0.05) is 18.2 Å². The van der Waals surface area contributed by atoms with Crippen molar-refractivity contribution in [1.29, 1.82) is 0 Å². The minimum absolute atomic E-state index is 0.0636. The van der Waals surface area contributed by atoms with Gasteiger partial charge in [-0.3, -0.25) is 14.4 Å². The summed E-state index contributed by atoms with van der Waals surface area (Å²) in [6, 6.07) is 12.7. The van der Waals surface area contributed by atoms with Gasteiger partial charge in [0.2, 0.25) is 11.8 Å². The Morgan fingerprint density at radius 1 is 1.21 bits per heavy atom. The highest BCUT2D eigenvalue weighted by Crippen LogP contribution is 2.34. The Bertz CT molecular complexity index is 923. The summed E-state index contributed by atoms with van der Waals surface area (Å²) in [5.41, 5.74) is 3.19. The predicted octanol–water partition coefficient (Wildman–Crippen LogP) is 3.01. The largest absolute Gasteiger partial charge is 0.495 e. The number of carbonyl (C=O) groups is 3. The molecule has 7 nitrogen and oxygen atoms in total. The molecular weight excluding hydrogens is 372 g/mol. The summed E-state index contributed by atoms with van der Waals surface area (Å²) in [6.45, 7) is 2.23. The summed E-state index contributed by atoms with van der Waals surface area (Å²) >= 11 is 0.